The van der Waals surface area contributed by atoms with E-state index in [0.29, 0.717) is 12.1 Å². The van der Waals surface area contributed by atoms with Gasteiger partial charge in [-0.2, -0.15) is 0 Å². The number of halogens is 2. The predicted molar refractivity (Wildman–Crippen MR) is 88.7 cm³/mol. The largest absolute Gasteiger partial charge is 0.352 e. The number of rotatable bonds is 5. The summed E-state index contributed by atoms with van der Waals surface area (Å²) in [4.78, 5) is 22.7. The molecular formula is C17H16F2N4O3. The summed E-state index contributed by atoms with van der Waals surface area (Å²) in [6.45, 7) is 0.349. The maximum Gasteiger partial charge on any atom is 0.269 e. The van der Waals surface area contributed by atoms with Crippen LogP contribution in [0.1, 0.15) is 17.2 Å². The smallest absolute Gasteiger partial charge is 0.269 e. The van der Waals surface area contributed by atoms with Crippen LogP contribution in [0.25, 0.3) is 0 Å². The average molecular weight is 362 g/mol. The van der Waals surface area contributed by atoms with Crippen molar-refractivity contribution in [2.24, 2.45) is 5.92 Å². The summed E-state index contributed by atoms with van der Waals surface area (Å²) >= 11 is 0. The lowest BCUT2D eigenvalue weighted by Gasteiger charge is -2.18. The minimum atomic E-state index is -0.706. The molecule has 1 heterocycles. The fraction of sp³-hybridized carbons (Fsp3) is 0.235. The van der Waals surface area contributed by atoms with Crippen molar-refractivity contribution in [2.45, 2.75) is 12.6 Å². The molecule has 1 aliphatic rings. The molecule has 0 spiro atoms. The molecule has 2 aromatic rings. The second kappa shape index (κ2) is 7.54. The van der Waals surface area contributed by atoms with Gasteiger partial charge in [0, 0.05) is 31.3 Å². The molecule has 9 heteroatoms. The summed E-state index contributed by atoms with van der Waals surface area (Å²) in [5.74, 6) is -2.19. The Kier molecular flexibility index (Phi) is 5.19. The first-order valence-corrected chi connectivity index (χ1v) is 7.89. The van der Waals surface area contributed by atoms with Crippen LogP contribution < -0.4 is 16.2 Å². The van der Waals surface area contributed by atoms with Crippen LogP contribution in [0.2, 0.25) is 0 Å². The van der Waals surface area contributed by atoms with E-state index < -0.39 is 22.5 Å². The highest BCUT2D eigenvalue weighted by Gasteiger charge is 2.34. The monoisotopic (exact) mass is 362 g/mol. The summed E-state index contributed by atoms with van der Waals surface area (Å²) in [5.41, 5.74) is 6.87. The van der Waals surface area contributed by atoms with E-state index in [1.165, 1.54) is 12.1 Å². The molecule has 2 atom stereocenters. The summed E-state index contributed by atoms with van der Waals surface area (Å²) in [6.07, 6.45) is 0. The van der Waals surface area contributed by atoms with Gasteiger partial charge in [-0.3, -0.25) is 20.3 Å². The minimum Gasteiger partial charge on any atom is -0.352 e. The Morgan fingerprint density at radius 2 is 1.85 bits per heavy atom. The zero-order valence-corrected chi connectivity index (χ0v) is 13.5. The first-order valence-electron chi connectivity index (χ1n) is 7.89. The van der Waals surface area contributed by atoms with Crippen LogP contribution in [0.3, 0.4) is 0 Å². The molecule has 1 saturated heterocycles. The van der Waals surface area contributed by atoms with Crippen LogP contribution in [-0.4, -0.2) is 17.4 Å². The summed E-state index contributed by atoms with van der Waals surface area (Å²) in [5, 5.41) is 13.4. The number of hydrogen-bond acceptors (Lipinski definition) is 5. The zero-order valence-electron chi connectivity index (χ0n) is 13.5. The van der Waals surface area contributed by atoms with Gasteiger partial charge in [-0.1, -0.05) is 12.1 Å². The van der Waals surface area contributed by atoms with Crippen LogP contribution in [-0.2, 0) is 11.3 Å². The third kappa shape index (κ3) is 4.01. The van der Waals surface area contributed by atoms with E-state index in [0.717, 1.165) is 23.8 Å². The van der Waals surface area contributed by atoms with Crippen LogP contribution in [0, 0.1) is 27.7 Å². The van der Waals surface area contributed by atoms with Gasteiger partial charge in [0.25, 0.3) is 5.69 Å². The van der Waals surface area contributed by atoms with Gasteiger partial charge in [0.1, 0.15) is 11.6 Å². The van der Waals surface area contributed by atoms with Crippen LogP contribution in [0.4, 0.5) is 14.5 Å². The molecule has 1 amide bonds. The Morgan fingerprint density at radius 3 is 2.46 bits per heavy atom. The van der Waals surface area contributed by atoms with Crippen LogP contribution in [0.15, 0.2) is 42.5 Å². The average Bonchev–Trinajstić information content (AvgIpc) is 3.08. The molecule has 3 rings (SSSR count). The highest BCUT2D eigenvalue weighted by Crippen LogP contribution is 2.26. The Bertz CT molecular complexity index is 809. The number of nitrogens with zero attached hydrogens (tertiary/aromatic N) is 1. The van der Waals surface area contributed by atoms with Crippen molar-refractivity contribution in [3.63, 3.8) is 0 Å². The number of carbonyl (C=O) groups is 1. The molecule has 2 unspecified atom stereocenters. The molecule has 7 nitrogen and oxygen atoms in total. The molecule has 1 fully saturated rings. The summed E-state index contributed by atoms with van der Waals surface area (Å²) in [7, 11) is 0. The Hall–Kier alpha value is -2.91. The van der Waals surface area contributed by atoms with Crippen LogP contribution >= 0.6 is 0 Å². The van der Waals surface area contributed by atoms with Gasteiger partial charge in [0.15, 0.2) is 0 Å². The van der Waals surface area contributed by atoms with Gasteiger partial charge in [-0.15, -0.1) is 0 Å². The first kappa shape index (κ1) is 17.9. The standard InChI is InChI=1S/C17H16F2N4O3/c18-12-5-10(6-13(19)7-12)8-20-17(24)15-9-21-22-16(15)11-1-3-14(4-2-11)23(25)26/h1-7,15-16,21-22H,8-9H2,(H,20,24). The number of non-ortho nitro benzene ring substituents is 1. The molecular weight excluding hydrogens is 346 g/mol. The molecule has 0 radical (unpaired) electrons. The third-order valence-electron chi connectivity index (χ3n) is 4.17. The number of nitro groups is 1. The Balaban J connectivity index is 1.67. The fourth-order valence-corrected chi connectivity index (χ4v) is 2.89. The molecule has 0 bridgehead atoms. The van der Waals surface area contributed by atoms with Gasteiger partial charge in [-0.05, 0) is 23.3 Å². The fourth-order valence-electron chi connectivity index (χ4n) is 2.89. The van der Waals surface area contributed by atoms with Gasteiger partial charge < -0.3 is 5.32 Å². The maximum absolute atomic E-state index is 13.2. The molecule has 0 aromatic heterocycles. The molecule has 1 aliphatic heterocycles. The predicted octanol–water partition coefficient (Wildman–Crippen LogP) is 1.95. The first-order chi connectivity index (χ1) is 12.4. The van der Waals surface area contributed by atoms with Crippen molar-refractivity contribution in [3.05, 3.63) is 75.3 Å². The third-order valence-corrected chi connectivity index (χ3v) is 4.17. The Morgan fingerprint density at radius 1 is 1.19 bits per heavy atom. The lowest BCUT2D eigenvalue weighted by atomic mass is 9.94. The molecule has 2 aromatic carbocycles. The number of amides is 1. The van der Waals surface area contributed by atoms with E-state index in [1.807, 2.05) is 0 Å². The second-order valence-corrected chi connectivity index (χ2v) is 5.95. The molecule has 0 aliphatic carbocycles. The maximum atomic E-state index is 13.2. The van der Waals surface area contributed by atoms with Crippen molar-refractivity contribution < 1.29 is 18.5 Å². The van der Waals surface area contributed by atoms with Gasteiger partial charge in [0.2, 0.25) is 5.91 Å². The van der Waals surface area contributed by atoms with Gasteiger partial charge in [-0.25, -0.2) is 14.2 Å². The lowest BCUT2D eigenvalue weighted by Crippen LogP contribution is -2.34. The normalized spacial score (nSPS) is 19.3. The van der Waals surface area contributed by atoms with E-state index >= 15 is 0 Å². The number of carbonyl (C=O) groups excluding carboxylic acids is 1. The lowest BCUT2D eigenvalue weighted by molar-refractivity contribution is -0.384. The topological polar surface area (TPSA) is 96.3 Å². The molecule has 136 valence electrons. The molecule has 3 N–H and O–H groups in total. The van der Waals surface area contributed by atoms with E-state index in [-0.39, 0.29) is 24.2 Å². The summed E-state index contributed by atoms with van der Waals surface area (Å²) < 4.78 is 26.4. The SMILES string of the molecule is O=C(NCc1cc(F)cc(F)c1)C1CNNC1c1ccc([N+](=O)[O-])cc1. The Labute approximate surface area is 147 Å². The zero-order chi connectivity index (χ0) is 18.7. The van der Waals surface area contributed by atoms with E-state index in [2.05, 4.69) is 16.2 Å². The number of nitro benzene ring substituents is 1. The minimum absolute atomic E-state index is 0.00298. The van der Waals surface area contributed by atoms with E-state index in [9.17, 15) is 23.7 Å². The number of nitrogens with one attached hydrogen (secondary N) is 3. The van der Waals surface area contributed by atoms with Crippen molar-refractivity contribution in [3.8, 4) is 0 Å². The number of hydrogen-bond donors (Lipinski definition) is 3. The quantitative estimate of drug-likeness (QED) is 0.558. The van der Waals surface area contributed by atoms with Crippen molar-refractivity contribution in [2.75, 3.05) is 6.54 Å². The van der Waals surface area contributed by atoms with Crippen LogP contribution in [0.5, 0.6) is 0 Å². The van der Waals surface area contributed by atoms with Gasteiger partial charge >= 0.3 is 0 Å². The summed E-state index contributed by atoms with van der Waals surface area (Å²) in [6, 6.07) is 8.63. The molecule has 0 saturated carbocycles. The highest BCUT2D eigenvalue weighted by atomic mass is 19.1. The van der Waals surface area contributed by atoms with Crippen molar-refractivity contribution in [1.82, 2.24) is 16.2 Å². The number of hydrazine groups is 1. The van der Waals surface area contributed by atoms with E-state index in [1.54, 1.807) is 12.1 Å². The van der Waals surface area contributed by atoms with E-state index in [4.69, 9.17) is 0 Å². The van der Waals surface area contributed by atoms with Gasteiger partial charge in [0.05, 0.1) is 16.9 Å². The van der Waals surface area contributed by atoms with Crippen molar-refractivity contribution >= 4 is 11.6 Å². The second-order valence-electron chi connectivity index (χ2n) is 5.95. The van der Waals surface area contributed by atoms with Crippen molar-refractivity contribution in [1.29, 1.82) is 0 Å². The molecule has 26 heavy (non-hydrogen) atoms. The highest BCUT2D eigenvalue weighted by molar-refractivity contribution is 5.80. The number of benzene rings is 2.